The maximum Gasteiger partial charge on any atom is 0.225 e. The first-order chi connectivity index (χ1) is 12.4. The van der Waals surface area contributed by atoms with Crippen molar-refractivity contribution in [3.63, 3.8) is 0 Å². The zero-order valence-electron chi connectivity index (χ0n) is 15.3. The first kappa shape index (κ1) is 16.2. The lowest BCUT2D eigenvalue weighted by Gasteiger charge is -2.55. The second-order valence-corrected chi connectivity index (χ2v) is 9.06. The Kier molecular flexibility index (Phi) is 3.45. The molecule has 1 aliphatic heterocycles. The van der Waals surface area contributed by atoms with Crippen molar-refractivity contribution in [3.8, 4) is 0 Å². The van der Waals surface area contributed by atoms with E-state index in [1.54, 1.807) is 6.20 Å². The van der Waals surface area contributed by atoms with Crippen LogP contribution >= 0.6 is 0 Å². The summed E-state index contributed by atoms with van der Waals surface area (Å²) in [5.41, 5.74) is 1.94. The number of nitrogens with zero attached hydrogens (tertiary/aromatic N) is 4. The summed E-state index contributed by atoms with van der Waals surface area (Å²) in [7, 11) is 0. The third-order valence-corrected chi connectivity index (χ3v) is 6.90. The van der Waals surface area contributed by atoms with E-state index in [9.17, 15) is 9.90 Å². The van der Waals surface area contributed by atoms with Crippen molar-refractivity contribution in [1.82, 2.24) is 19.3 Å². The lowest BCUT2D eigenvalue weighted by Crippen LogP contribution is -2.62. The number of carbonyl (C=O) groups is 1. The number of imidazole rings is 1. The molecule has 2 aliphatic carbocycles. The summed E-state index contributed by atoms with van der Waals surface area (Å²) >= 11 is 0. The average Bonchev–Trinajstić information content (AvgIpc) is 3.01. The molecule has 6 heteroatoms. The Hall–Kier alpha value is -1.95. The highest BCUT2D eigenvalue weighted by Crippen LogP contribution is 2.49. The lowest BCUT2D eigenvalue weighted by molar-refractivity contribution is -0.163. The number of rotatable bonds is 2. The van der Waals surface area contributed by atoms with E-state index in [1.807, 2.05) is 30.4 Å². The van der Waals surface area contributed by atoms with Crippen LogP contribution < -0.4 is 0 Å². The van der Waals surface area contributed by atoms with Gasteiger partial charge in [-0.1, -0.05) is 0 Å². The molecule has 3 aliphatic rings. The van der Waals surface area contributed by atoms with E-state index in [0.29, 0.717) is 24.2 Å². The molecule has 6 nitrogen and oxygen atoms in total. The maximum atomic E-state index is 12.5. The molecule has 1 N–H and O–H groups in total. The molecule has 3 fully saturated rings. The predicted molar refractivity (Wildman–Crippen MR) is 96.6 cm³/mol. The molecule has 1 spiro atoms. The quantitative estimate of drug-likeness (QED) is 0.899. The van der Waals surface area contributed by atoms with Crippen LogP contribution in [0, 0.1) is 11.3 Å². The van der Waals surface area contributed by atoms with Gasteiger partial charge in [-0.2, -0.15) is 0 Å². The number of aliphatic hydroxyl groups is 1. The van der Waals surface area contributed by atoms with Crippen LogP contribution in [0.4, 0.5) is 0 Å². The Morgan fingerprint density at radius 2 is 2.00 bits per heavy atom. The van der Waals surface area contributed by atoms with Crippen molar-refractivity contribution in [2.75, 3.05) is 13.1 Å². The number of likely N-dealkylation sites (tertiary alicyclic amines) is 1. The third kappa shape index (κ3) is 2.54. The molecule has 26 heavy (non-hydrogen) atoms. The molecule has 3 heterocycles. The second-order valence-electron chi connectivity index (χ2n) is 9.06. The van der Waals surface area contributed by atoms with Crippen molar-refractivity contribution in [2.24, 2.45) is 11.3 Å². The first-order valence-corrected chi connectivity index (χ1v) is 9.73. The van der Waals surface area contributed by atoms with Crippen molar-refractivity contribution in [2.45, 2.75) is 57.0 Å². The highest BCUT2D eigenvalue weighted by Gasteiger charge is 2.51. The molecule has 5 rings (SSSR count). The van der Waals surface area contributed by atoms with Crippen LogP contribution in [-0.4, -0.2) is 49.0 Å². The summed E-state index contributed by atoms with van der Waals surface area (Å²) in [6, 6.07) is 1.95. The SMILES string of the molecule is CC1(O)CC(C(=O)N2CC3(CCC(c4cnc5ccncn45)CC3)C2)C1. The predicted octanol–water partition coefficient (Wildman–Crippen LogP) is 2.38. The van der Waals surface area contributed by atoms with Crippen LogP contribution in [0.15, 0.2) is 24.8 Å². The highest BCUT2D eigenvalue weighted by molar-refractivity contribution is 5.81. The molecule has 1 amide bonds. The van der Waals surface area contributed by atoms with Gasteiger partial charge in [0.25, 0.3) is 0 Å². The molecular formula is C20H26N4O2. The summed E-state index contributed by atoms with van der Waals surface area (Å²) in [5.74, 6) is 0.841. The lowest BCUT2D eigenvalue weighted by atomic mass is 9.64. The number of fused-ring (bicyclic) bond motifs is 1. The molecule has 0 aromatic carbocycles. The molecule has 2 aromatic heterocycles. The second kappa shape index (κ2) is 5.52. The molecule has 2 saturated carbocycles. The Balaban J connectivity index is 1.19. The number of amides is 1. The summed E-state index contributed by atoms with van der Waals surface area (Å²) in [6.45, 7) is 3.64. The van der Waals surface area contributed by atoms with Crippen LogP contribution in [0.25, 0.3) is 5.65 Å². The van der Waals surface area contributed by atoms with Crippen LogP contribution in [0.5, 0.6) is 0 Å². The Bertz CT molecular complexity index is 834. The summed E-state index contributed by atoms with van der Waals surface area (Å²) < 4.78 is 2.11. The average molecular weight is 354 g/mol. The molecule has 0 radical (unpaired) electrons. The van der Waals surface area contributed by atoms with Gasteiger partial charge in [0.2, 0.25) is 5.91 Å². The largest absolute Gasteiger partial charge is 0.390 e. The molecule has 2 aromatic rings. The van der Waals surface area contributed by atoms with Gasteiger partial charge in [-0.05, 0) is 51.5 Å². The zero-order chi connectivity index (χ0) is 17.9. The van der Waals surface area contributed by atoms with Gasteiger partial charge in [-0.15, -0.1) is 0 Å². The molecule has 0 bridgehead atoms. The van der Waals surface area contributed by atoms with E-state index in [2.05, 4.69) is 14.4 Å². The van der Waals surface area contributed by atoms with E-state index in [1.165, 1.54) is 18.5 Å². The van der Waals surface area contributed by atoms with E-state index in [-0.39, 0.29) is 11.8 Å². The van der Waals surface area contributed by atoms with Crippen molar-refractivity contribution in [1.29, 1.82) is 0 Å². The van der Waals surface area contributed by atoms with Gasteiger partial charge in [0, 0.05) is 48.4 Å². The molecule has 0 atom stereocenters. The monoisotopic (exact) mass is 354 g/mol. The fraction of sp³-hybridized carbons (Fsp3) is 0.650. The minimum Gasteiger partial charge on any atom is -0.390 e. The normalized spacial score (nSPS) is 31.0. The van der Waals surface area contributed by atoms with Crippen LogP contribution in [-0.2, 0) is 4.79 Å². The van der Waals surface area contributed by atoms with Gasteiger partial charge < -0.3 is 10.0 Å². The van der Waals surface area contributed by atoms with Gasteiger partial charge in [0.15, 0.2) is 0 Å². The van der Waals surface area contributed by atoms with E-state index >= 15 is 0 Å². The molecular weight excluding hydrogens is 328 g/mol. The van der Waals surface area contributed by atoms with Crippen LogP contribution in [0.3, 0.4) is 0 Å². The first-order valence-electron chi connectivity index (χ1n) is 9.73. The maximum absolute atomic E-state index is 12.5. The standard InChI is InChI=1S/C20H26N4O2/c1-19(26)8-15(9-19)18(25)23-11-20(12-23)5-2-14(3-6-20)16-10-22-17-4-7-21-13-24(16)17/h4,7,10,13-15,26H,2-3,5-6,8-9,11-12H2,1H3. The smallest absolute Gasteiger partial charge is 0.225 e. The van der Waals surface area contributed by atoms with Crippen LogP contribution in [0.2, 0.25) is 0 Å². The molecule has 138 valence electrons. The fourth-order valence-electron chi connectivity index (χ4n) is 5.35. The Morgan fingerprint density at radius 3 is 2.69 bits per heavy atom. The van der Waals surface area contributed by atoms with Gasteiger partial charge >= 0.3 is 0 Å². The molecule has 0 unspecified atom stereocenters. The molecule has 1 saturated heterocycles. The third-order valence-electron chi connectivity index (χ3n) is 6.90. The minimum absolute atomic E-state index is 0.0457. The van der Waals surface area contributed by atoms with E-state index < -0.39 is 5.60 Å². The topological polar surface area (TPSA) is 70.7 Å². The fourth-order valence-corrected chi connectivity index (χ4v) is 5.35. The van der Waals surface area contributed by atoms with Gasteiger partial charge in [-0.25, -0.2) is 9.97 Å². The van der Waals surface area contributed by atoms with Crippen molar-refractivity contribution in [3.05, 3.63) is 30.5 Å². The number of hydrogen-bond donors (Lipinski definition) is 1. The Labute approximate surface area is 153 Å². The summed E-state index contributed by atoms with van der Waals surface area (Å²) in [4.78, 5) is 23.3. The van der Waals surface area contributed by atoms with E-state index in [4.69, 9.17) is 0 Å². The zero-order valence-corrected chi connectivity index (χ0v) is 15.3. The van der Waals surface area contributed by atoms with Gasteiger partial charge in [0.1, 0.15) is 12.0 Å². The van der Waals surface area contributed by atoms with Crippen molar-refractivity contribution >= 4 is 11.6 Å². The van der Waals surface area contributed by atoms with Crippen molar-refractivity contribution < 1.29 is 9.90 Å². The number of hydrogen-bond acceptors (Lipinski definition) is 4. The summed E-state index contributed by atoms with van der Waals surface area (Å²) in [5, 5.41) is 9.86. The minimum atomic E-state index is -0.621. The van der Waals surface area contributed by atoms with Gasteiger partial charge in [0.05, 0.1) is 5.60 Å². The summed E-state index contributed by atoms with van der Waals surface area (Å²) in [6.07, 6.45) is 11.6. The van der Waals surface area contributed by atoms with Gasteiger partial charge in [-0.3, -0.25) is 9.20 Å². The van der Waals surface area contributed by atoms with Crippen LogP contribution in [0.1, 0.15) is 57.1 Å². The van der Waals surface area contributed by atoms with E-state index in [0.717, 1.165) is 31.6 Å². The highest BCUT2D eigenvalue weighted by atomic mass is 16.3. The number of carbonyl (C=O) groups excluding carboxylic acids is 1. The Morgan fingerprint density at radius 1 is 1.27 bits per heavy atom. The number of aromatic nitrogens is 3.